The van der Waals surface area contributed by atoms with Gasteiger partial charge >= 0.3 is 6.03 Å². The van der Waals surface area contributed by atoms with Gasteiger partial charge in [-0.05, 0) is 36.4 Å². The van der Waals surface area contributed by atoms with Crippen molar-refractivity contribution in [1.29, 1.82) is 0 Å². The number of anilines is 1. The standard InChI is InChI=1S/C14H9Cl3N2O2/c15-8-4-6-9(7-5-8)18-14(21)19-13(20)12-10(16)2-1-3-11(12)17/h1-7H,(H2,18,19,20,21). The highest BCUT2D eigenvalue weighted by Crippen LogP contribution is 2.24. The van der Waals surface area contributed by atoms with Crippen LogP contribution >= 0.6 is 34.8 Å². The summed E-state index contributed by atoms with van der Waals surface area (Å²) in [5.41, 5.74) is 0.544. The van der Waals surface area contributed by atoms with E-state index < -0.39 is 11.9 Å². The molecule has 2 N–H and O–H groups in total. The number of hydrogen-bond acceptors (Lipinski definition) is 2. The first-order chi connectivity index (χ1) is 9.97. The maximum Gasteiger partial charge on any atom is 0.326 e. The van der Waals surface area contributed by atoms with Gasteiger partial charge in [-0.3, -0.25) is 10.1 Å². The Morgan fingerprint density at radius 3 is 2.00 bits per heavy atom. The number of rotatable bonds is 2. The van der Waals surface area contributed by atoms with Crippen molar-refractivity contribution in [3.05, 3.63) is 63.1 Å². The molecule has 0 aliphatic heterocycles. The summed E-state index contributed by atoms with van der Waals surface area (Å²) in [6, 6.07) is 10.4. The maximum absolute atomic E-state index is 12.0. The average Bonchev–Trinajstić information content (AvgIpc) is 2.41. The van der Waals surface area contributed by atoms with Crippen LogP contribution in [0.3, 0.4) is 0 Å². The Bertz CT molecular complexity index is 667. The predicted molar refractivity (Wildman–Crippen MR) is 84.4 cm³/mol. The van der Waals surface area contributed by atoms with Gasteiger partial charge in [-0.2, -0.15) is 0 Å². The molecule has 0 saturated carbocycles. The molecule has 108 valence electrons. The summed E-state index contributed by atoms with van der Waals surface area (Å²) >= 11 is 17.5. The highest BCUT2D eigenvalue weighted by molar-refractivity contribution is 6.40. The van der Waals surface area contributed by atoms with Gasteiger partial charge in [0.2, 0.25) is 0 Å². The molecule has 0 fully saturated rings. The molecule has 2 aromatic rings. The average molecular weight is 344 g/mol. The molecule has 0 saturated heterocycles. The lowest BCUT2D eigenvalue weighted by Crippen LogP contribution is -2.34. The molecule has 0 radical (unpaired) electrons. The van der Waals surface area contributed by atoms with Gasteiger partial charge in [0, 0.05) is 10.7 Å². The second-order valence-corrected chi connectivity index (χ2v) is 5.26. The van der Waals surface area contributed by atoms with E-state index in [2.05, 4.69) is 10.6 Å². The number of urea groups is 1. The summed E-state index contributed by atoms with van der Waals surface area (Å²) in [5, 5.41) is 5.52. The largest absolute Gasteiger partial charge is 0.326 e. The fourth-order valence-corrected chi connectivity index (χ4v) is 2.27. The van der Waals surface area contributed by atoms with Crippen LogP contribution in [0.25, 0.3) is 0 Å². The first-order valence-corrected chi connectivity index (χ1v) is 6.92. The van der Waals surface area contributed by atoms with Crippen LogP contribution in [-0.4, -0.2) is 11.9 Å². The summed E-state index contributed by atoms with van der Waals surface area (Å²) in [6.45, 7) is 0. The Morgan fingerprint density at radius 1 is 0.857 bits per heavy atom. The fraction of sp³-hybridized carbons (Fsp3) is 0. The van der Waals surface area contributed by atoms with E-state index in [0.717, 1.165) is 0 Å². The van der Waals surface area contributed by atoms with Gasteiger partial charge in [0.15, 0.2) is 0 Å². The van der Waals surface area contributed by atoms with Gasteiger partial charge in [0.1, 0.15) is 0 Å². The number of carbonyl (C=O) groups is 2. The third-order valence-electron chi connectivity index (χ3n) is 2.52. The number of hydrogen-bond donors (Lipinski definition) is 2. The Hall–Kier alpha value is -1.75. The normalized spacial score (nSPS) is 10.0. The zero-order valence-electron chi connectivity index (χ0n) is 10.5. The Balaban J connectivity index is 2.06. The van der Waals surface area contributed by atoms with E-state index in [9.17, 15) is 9.59 Å². The van der Waals surface area contributed by atoms with Crippen molar-refractivity contribution < 1.29 is 9.59 Å². The van der Waals surface area contributed by atoms with Crippen LogP contribution in [0.5, 0.6) is 0 Å². The molecule has 0 bridgehead atoms. The van der Waals surface area contributed by atoms with Gasteiger partial charge < -0.3 is 5.32 Å². The minimum absolute atomic E-state index is 0.0482. The smallest absolute Gasteiger partial charge is 0.308 e. The molecular formula is C14H9Cl3N2O2. The summed E-state index contributed by atoms with van der Waals surface area (Å²) in [6.07, 6.45) is 0. The summed E-state index contributed by atoms with van der Waals surface area (Å²) < 4.78 is 0. The Labute approximate surface area is 136 Å². The number of benzene rings is 2. The lowest BCUT2D eigenvalue weighted by atomic mass is 10.2. The molecule has 21 heavy (non-hydrogen) atoms. The van der Waals surface area contributed by atoms with Crippen LogP contribution < -0.4 is 10.6 Å². The van der Waals surface area contributed by atoms with Crippen LogP contribution in [0.1, 0.15) is 10.4 Å². The van der Waals surface area contributed by atoms with E-state index in [1.165, 1.54) is 12.1 Å². The maximum atomic E-state index is 12.0. The molecule has 0 spiro atoms. The third-order valence-corrected chi connectivity index (χ3v) is 3.40. The molecule has 2 aromatic carbocycles. The number of imide groups is 1. The number of amides is 3. The molecule has 0 aromatic heterocycles. The molecule has 0 aliphatic rings. The van der Waals surface area contributed by atoms with E-state index in [1.807, 2.05) is 0 Å². The van der Waals surface area contributed by atoms with Gasteiger partial charge in [-0.25, -0.2) is 4.79 Å². The van der Waals surface area contributed by atoms with Gasteiger partial charge in [0.25, 0.3) is 5.91 Å². The first-order valence-electron chi connectivity index (χ1n) is 5.79. The van der Waals surface area contributed by atoms with E-state index in [4.69, 9.17) is 34.8 Å². The quantitative estimate of drug-likeness (QED) is 0.836. The van der Waals surface area contributed by atoms with Crippen molar-refractivity contribution >= 4 is 52.4 Å². The Morgan fingerprint density at radius 2 is 1.43 bits per heavy atom. The number of carbonyl (C=O) groups excluding carboxylic acids is 2. The molecule has 0 atom stereocenters. The highest BCUT2D eigenvalue weighted by atomic mass is 35.5. The van der Waals surface area contributed by atoms with Crippen molar-refractivity contribution in [2.24, 2.45) is 0 Å². The monoisotopic (exact) mass is 342 g/mol. The zero-order chi connectivity index (χ0) is 15.4. The number of nitrogens with one attached hydrogen (secondary N) is 2. The van der Waals surface area contributed by atoms with Gasteiger partial charge in [-0.1, -0.05) is 40.9 Å². The van der Waals surface area contributed by atoms with Gasteiger partial charge in [-0.15, -0.1) is 0 Å². The minimum Gasteiger partial charge on any atom is -0.308 e. The van der Waals surface area contributed by atoms with Crippen molar-refractivity contribution in [2.45, 2.75) is 0 Å². The van der Waals surface area contributed by atoms with E-state index in [1.54, 1.807) is 30.3 Å². The van der Waals surface area contributed by atoms with Crippen LogP contribution in [0.2, 0.25) is 15.1 Å². The molecule has 4 nitrogen and oxygen atoms in total. The Kier molecular flexibility index (Phi) is 5.07. The lowest BCUT2D eigenvalue weighted by molar-refractivity contribution is 0.0967. The molecule has 0 aliphatic carbocycles. The first kappa shape index (κ1) is 15.6. The fourth-order valence-electron chi connectivity index (χ4n) is 1.58. The van der Waals surface area contributed by atoms with Crippen LogP contribution in [0.15, 0.2) is 42.5 Å². The summed E-state index contributed by atoms with van der Waals surface area (Å²) in [7, 11) is 0. The third kappa shape index (κ3) is 4.11. The lowest BCUT2D eigenvalue weighted by Gasteiger charge is -2.09. The molecule has 3 amide bonds. The second-order valence-electron chi connectivity index (χ2n) is 4.01. The van der Waals surface area contributed by atoms with Crippen molar-refractivity contribution in [3.63, 3.8) is 0 Å². The molecule has 0 heterocycles. The van der Waals surface area contributed by atoms with Crippen LogP contribution in [0.4, 0.5) is 10.5 Å². The highest BCUT2D eigenvalue weighted by Gasteiger charge is 2.16. The molecule has 0 unspecified atom stereocenters. The topological polar surface area (TPSA) is 58.2 Å². The zero-order valence-corrected chi connectivity index (χ0v) is 12.8. The number of halogens is 3. The molecule has 7 heteroatoms. The van der Waals surface area contributed by atoms with Crippen molar-refractivity contribution in [2.75, 3.05) is 5.32 Å². The minimum atomic E-state index is -0.696. The van der Waals surface area contributed by atoms with Crippen LogP contribution in [0, 0.1) is 0 Å². The van der Waals surface area contributed by atoms with Crippen molar-refractivity contribution in [1.82, 2.24) is 5.32 Å². The summed E-state index contributed by atoms with van der Waals surface area (Å²) in [5.74, 6) is -0.683. The second kappa shape index (κ2) is 6.80. The molecular weight excluding hydrogens is 335 g/mol. The van der Waals surface area contributed by atoms with E-state index in [-0.39, 0.29) is 15.6 Å². The van der Waals surface area contributed by atoms with E-state index >= 15 is 0 Å². The molecule has 2 rings (SSSR count). The van der Waals surface area contributed by atoms with Crippen LogP contribution in [-0.2, 0) is 0 Å². The summed E-state index contributed by atoms with van der Waals surface area (Å²) in [4.78, 5) is 23.7. The predicted octanol–water partition coefficient (Wildman–Crippen LogP) is 4.61. The van der Waals surface area contributed by atoms with Crippen molar-refractivity contribution in [3.8, 4) is 0 Å². The van der Waals surface area contributed by atoms with E-state index in [0.29, 0.717) is 10.7 Å². The SMILES string of the molecule is O=C(NC(=O)c1c(Cl)cccc1Cl)Nc1ccc(Cl)cc1. The van der Waals surface area contributed by atoms with Gasteiger partial charge in [0.05, 0.1) is 15.6 Å².